The maximum absolute atomic E-state index is 14.6. The number of anilines is 2. The minimum absolute atomic E-state index is 0.0596. The SMILES string of the molecule is Cc1cc(C)cc(NC(=O)C(C#N)=Cc2cc(F)c(N3CCCC3)cc2C)c1. The standard InChI is InChI=1S/C23H24FN3O/c1-15-8-16(2)10-20(9-15)26-23(28)19(14-25)12-18-13-21(24)22(11-17(18)3)27-6-4-5-7-27/h8-13H,4-7H2,1-3H3,(H,26,28). The van der Waals surface area contributed by atoms with Crippen LogP contribution in [0.5, 0.6) is 0 Å². The number of carbonyl (C=O) groups is 1. The second kappa shape index (κ2) is 8.26. The van der Waals surface area contributed by atoms with Gasteiger partial charge in [0.25, 0.3) is 5.91 Å². The normalized spacial score (nSPS) is 14.1. The van der Waals surface area contributed by atoms with Crippen LogP contribution in [-0.2, 0) is 4.79 Å². The molecule has 1 amide bonds. The van der Waals surface area contributed by atoms with E-state index in [0.717, 1.165) is 42.6 Å². The summed E-state index contributed by atoms with van der Waals surface area (Å²) in [4.78, 5) is 14.6. The molecular formula is C23H24FN3O. The van der Waals surface area contributed by atoms with Crippen LogP contribution in [0, 0.1) is 37.9 Å². The Kier molecular flexibility index (Phi) is 5.79. The molecule has 1 saturated heterocycles. The summed E-state index contributed by atoms with van der Waals surface area (Å²) in [6, 6.07) is 10.8. The van der Waals surface area contributed by atoms with Crippen LogP contribution in [0.25, 0.3) is 6.08 Å². The summed E-state index contributed by atoms with van der Waals surface area (Å²) in [7, 11) is 0. The fourth-order valence-corrected chi connectivity index (χ4v) is 3.59. The van der Waals surface area contributed by atoms with Crippen LogP contribution in [0.15, 0.2) is 35.9 Å². The van der Waals surface area contributed by atoms with E-state index in [-0.39, 0.29) is 11.4 Å². The molecule has 4 nitrogen and oxygen atoms in total. The van der Waals surface area contributed by atoms with Gasteiger partial charge in [0, 0.05) is 18.8 Å². The first-order valence-electron chi connectivity index (χ1n) is 9.44. The van der Waals surface area contributed by atoms with Crippen LogP contribution in [0.3, 0.4) is 0 Å². The summed E-state index contributed by atoms with van der Waals surface area (Å²) >= 11 is 0. The third-order valence-electron chi connectivity index (χ3n) is 4.93. The average Bonchev–Trinajstić information content (AvgIpc) is 3.15. The van der Waals surface area contributed by atoms with Gasteiger partial charge < -0.3 is 10.2 Å². The van der Waals surface area contributed by atoms with Gasteiger partial charge >= 0.3 is 0 Å². The highest BCUT2D eigenvalue weighted by Gasteiger charge is 2.18. The second-order valence-corrected chi connectivity index (χ2v) is 7.35. The van der Waals surface area contributed by atoms with Crippen LogP contribution in [-0.4, -0.2) is 19.0 Å². The Morgan fingerprint density at radius 3 is 2.36 bits per heavy atom. The van der Waals surface area contributed by atoms with Crippen molar-refractivity contribution in [2.24, 2.45) is 0 Å². The van der Waals surface area contributed by atoms with Crippen molar-refractivity contribution >= 4 is 23.4 Å². The number of hydrogen-bond donors (Lipinski definition) is 1. The smallest absolute Gasteiger partial charge is 0.266 e. The predicted octanol–water partition coefficient (Wildman–Crippen LogP) is 4.90. The molecule has 0 atom stereocenters. The molecule has 0 saturated carbocycles. The molecule has 0 radical (unpaired) electrons. The maximum Gasteiger partial charge on any atom is 0.266 e. The van der Waals surface area contributed by atoms with Gasteiger partial charge in [-0.25, -0.2) is 4.39 Å². The van der Waals surface area contributed by atoms with Crippen molar-refractivity contribution in [2.45, 2.75) is 33.6 Å². The molecule has 3 rings (SSSR count). The van der Waals surface area contributed by atoms with E-state index in [0.29, 0.717) is 16.9 Å². The molecule has 1 heterocycles. The number of nitriles is 1. The molecule has 0 spiro atoms. The monoisotopic (exact) mass is 377 g/mol. The molecule has 2 aromatic carbocycles. The second-order valence-electron chi connectivity index (χ2n) is 7.35. The van der Waals surface area contributed by atoms with Crippen LogP contribution in [0.4, 0.5) is 15.8 Å². The number of nitrogens with zero attached hydrogens (tertiary/aromatic N) is 2. The van der Waals surface area contributed by atoms with E-state index < -0.39 is 5.91 Å². The van der Waals surface area contributed by atoms with Gasteiger partial charge in [0.1, 0.15) is 17.5 Å². The molecule has 144 valence electrons. The number of halogens is 1. The van der Waals surface area contributed by atoms with Gasteiger partial charge in [-0.15, -0.1) is 0 Å². The number of carbonyl (C=O) groups excluding carboxylic acids is 1. The molecule has 1 aliphatic heterocycles. The van der Waals surface area contributed by atoms with E-state index in [9.17, 15) is 14.4 Å². The fourth-order valence-electron chi connectivity index (χ4n) is 3.59. The van der Waals surface area contributed by atoms with Gasteiger partial charge in [0.05, 0.1) is 5.69 Å². The zero-order valence-corrected chi connectivity index (χ0v) is 16.5. The van der Waals surface area contributed by atoms with Gasteiger partial charge in [-0.05, 0) is 86.2 Å². The molecule has 0 aliphatic carbocycles. The number of nitrogens with one attached hydrogen (secondary N) is 1. The van der Waals surface area contributed by atoms with E-state index in [2.05, 4.69) is 5.32 Å². The van der Waals surface area contributed by atoms with E-state index in [1.54, 1.807) is 6.07 Å². The number of aryl methyl sites for hydroxylation is 3. The zero-order chi connectivity index (χ0) is 20.3. The van der Waals surface area contributed by atoms with Gasteiger partial charge in [-0.3, -0.25) is 4.79 Å². The lowest BCUT2D eigenvalue weighted by molar-refractivity contribution is -0.112. The summed E-state index contributed by atoms with van der Waals surface area (Å²) in [5, 5.41) is 12.2. The predicted molar refractivity (Wildman–Crippen MR) is 111 cm³/mol. The fraction of sp³-hybridized carbons (Fsp3) is 0.304. The lowest BCUT2D eigenvalue weighted by Gasteiger charge is -2.19. The van der Waals surface area contributed by atoms with Gasteiger partial charge in [0.15, 0.2) is 0 Å². The van der Waals surface area contributed by atoms with Crippen molar-refractivity contribution < 1.29 is 9.18 Å². The Balaban J connectivity index is 1.86. The summed E-state index contributed by atoms with van der Waals surface area (Å²) in [5.41, 5.74) is 4.57. The average molecular weight is 377 g/mol. The third-order valence-corrected chi connectivity index (χ3v) is 4.93. The third kappa shape index (κ3) is 4.40. The summed E-state index contributed by atoms with van der Waals surface area (Å²) in [5.74, 6) is -0.832. The molecule has 2 aromatic rings. The van der Waals surface area contributed by atoms with E-state index in [1.807, 2.05) is 49.9 Å². The molecule has 0 bridgehead atoms. The van der Waals surface area contributed by atoms with Crippen LogP contribution >= 0.6 is 0 Å². The number of rotatable bonds is 4. The Labute approximate surface area is 165 Å². The van der Waals surface area contributed by atoms with Gasteiger partial charge in [-0.2, -0.15) is 5.26 Å². The van der Waals surface area contributed by atoms with E-state index in [4.69, 9.17) is 0 Å². The zero-order valence-electron chi connectivity index (χ0n) is 16.5. The topological polar surface area (TPSA) is 56.1 Å². The Bertz CT molecular complexity index is 962. The number of benzene rings is 2. The first-order valence-corrected chi connectivity index (χ1v) is 9.44. The van der Waals surface area contributed by atoms with Crippen molar-refractivity contribution in [3.63, 3.8) is 0 Å². The first kappa shape index (κ1) is 19.6. The van der Waals surface area contributed by atoms with Crippen molar-refractivity contribution in [3.05, 3.63) is 64.0 Å². The molecule has 0 aromatic heterocycles. The van der Waals surface area contributed by atoms with E-state index in [1.165, 1.54) is 12.1 Å². The minimum Gasteiger partial charge on any atom is -0.369 e. The lowest BCUT2D eigenvalue weighted by atomic mass is 10.0. The molecule has 1 N–H and O–H groups in total. The maximum atomic E-state index is 14.6. The van der Waals surface area contributed by atoms with Crippen molar-refractivity contribution in [1.29, 1.82) is 5.26 Å². The molecular weight excluding hydrogens is 353 g/mol. The Hall–Kier alpha value is -3.13. The van der Waals surface area contributed by atoms with Crippen LogP contribution < -0.4 is 10.2 Å². The quantitative estimate of drug-likeness (QED) is 0.609. The van der Waals surface area contributed by atoms with Crippen molar-refractivity contribution in [2.75, 3.05) is 23.3 Å². The number of amides is 1. The summed E-state index contributed by atoms with van der Waals surface area (Å²) < 4.78 is 14.6. The van der Waals surface area contributed by atoms with Gasteiger partial charge in [0.2, 0.25) is 0 Å². The highest BCUT2D eigenvalue weighted by Crippen LogP contribution is 2.28. The Morgan fingerprint density at radius 1 is 1.11 bits per heavy atom. The van der Waals surface area contributed by atoms with Gasteiger partial charge in [-0.1, -0.05) is 6.07 Å². The highest BCUT2D eigenvalue weighted by molar-refractivity contribution is 6.09. The molecule has 28 heavy (non-hydrogen) atoms. The van der Waals surface area contributed by atoms with Crippen LogP contribution in [0.1, 0.15) is 35.1 Å². The molecule has 0 unspecified atom stereocenters. The van der Waals surface area contributed by atoms with E-state index >= 15 is 0 Å². The van der Waals surface area contributed by atoms with Crippen molar-refractivity contribution in [1.82, 2.24) is 0 Å². The molecule has 1 fully saturated rings. The number of hydrogen-bond acceptors (Lipinski definition) is 3. The first-order chi connectivity index (χ1) is 13.4. The van der Waals surface area contributed by atoms with Crippen molar-refractivity contribution in [3.8, 4) is 6.07 Å². The summed E-state index contributed by atoms with van der Waals surface area (Å²) in [6.07, 6.45) is 3.58. The largest absolute Gasteiger partial charge is 0.369 e. The minimum atomic E-state index is -0.504. The summed E-state index contributed by atoms with van der Waals surface area (Å²) in [6.45, 7) is 7.46. The Morgan fingerprint density at radius 2 is 1.75 bits per heavy atom. The molecule has 1 aliphatic rings. The molecule has 5 heteroatoms. The lowest BCUT2D eigenvalue weighted by Crippen LogP contribution is -2.19. The highest BCUT2D eigenvalue weighted by atomic mass is 19.1. The van der Waals surface area contributed by atoms with Crippen LogP contribution in [0.2, 0.25) is 0 Å².